The molecule has 0 atom stereocenters. The number of aliphatic imine (C=N–C) groups is 1. The molecule has 142 valence electrons. The van der Waals surface area contributed by atoms with Crippen LogP contribution in [0.2, 0.25) is 0 Å². The van der Waals surface area contributed by atoms with E-state index in [4.69, 9.17) is 9.47 Å². The molecule has 25 heavy (non-hydrogen) atoms. The minimum absolute atomic E-state index is 0. The molecule has 1 aromatic carbocycles. The molecular formula is C18H31IN4O2. The van der Waals surface area contributed by atoms with Crippen LogP contribution in [0.4, 0.5) is 0 Å². The van der Waals surface area contributed by atoms with Gasteiger partial charge in [-0.25, -0.2) is 4.99 Å². The van der Waals surface area contributed by atoms with E-state index >= 15 is 0 Å². The highest BCUT2D eigenvalue weighted by molar-refractivity contribution is 14.0. The van der Waals surface area contributed by atoms with E-state index in [2.05, 4.69) is 41.3 Å². The van der Waals surface area contributed by atoms with E-state index in [1.165, 1.54) is 0 Å². The molecule has 0 saturated heterocycles. The van der Waals surface area contributed by atoms with Gasteiger partial charge in [0.2, 0.25) is 6.79 Å². The van der Waals surface area contributed by atoms with E-state index in [9.17, 15) is 0 Å². The van der Waals surface area contributed by atoms with E-state index in [1.807, 2.05) is 18.2 Å². The van der Waals surface area contributed by atoms with Gasteiger partial charge in [0.05, 0.1) is 6.54 Å². The van der Waals surface area contributed by atoms with Crippen molar-refractivity contribution in [2.45, 2.75) is 33.7 Å². The molecule has 7 heteroatoms. The Balaban J connectivity index is 0.00000312. The van der Waals surface area contributed by atoms with Crippen LogP contribution in [0.3, 0.4) is 0 Å². The Morgan fingerprint density at radius 2 is 1.88 bits per heavy atom. The first-order valence-corrected chi connectivity index (χ1v) is 8.89. The molecular weight excluding hydrogens is 431 g/mol. The first kappa shape index (κ1) is 21.8. The van der Waals surface area contributed by atoms with Crippen molar-refractivity contribution in [3.05, 3.63) is 23.8 Å². The maximum atomic E-state index is 5.41. The highest BCUT2D eigenvalue weighted by Gasteiger charge is 2.12. The number of hydrogen-bond acceptors (Lipinski definition) is 4. The summed E-state index contributed by atoms with van der Waals surface area (Å²) in [5.41, 5.74) is 1.11. The summed E-state index contributed by atoms with van der Waals surface area (Å²) in [6, 6.07) is 5.97. The van der Waals surface area contributed by atoms with Gasteiger partial charge in [-0.15, -0.1) is 24.0 Å². The summed E-state index contributed by atoms with van der Waals surface area (Å²) in [5, 5.41) is 6.69. The summed E-state index contributed by atoms with van der Waals surface area (Å²) >= 11 is 0. The molecule has 0 fully saturated rings. The molecule has 0 saturated carbocycles. The Hall–Kier alpha value is -1.22. The summed E-state index contributed by atoms with van der Waals surface area (Å²) < 4.78 is 10.7. The average molecular weight is 462 g/mol. The Morgan fingerprint density at radius 3 is 2.60 bits per heavy atom. The van der Waals surface area contributed by atoms with E-state index in [-0.39, 0.29) is 24.0 Å². The van der Waals surface area contributed by atoms with Crippen LogP contribution in [0.1, 0.15) is 32.8 Å². The Kier molecular flexibility index (Phi) is 10.6. The molecule has 2 N–H and O–H groups in total. The monoisotopic (exact) mass is 462 g/mol. The predicted molar refractivity (Wildman–Crippen MR) is 113 cm³/mol. The summed E-state index contributed by atoms with van der Waals surface area (Å²) in [7, 11) is 0. The Morgan fingerprint density at radius 1 is 1.12 bits per heavy atom. The molecule has 6 nitrogen and oxygen atoms in total. The van der Waals surface area contributed by atoms with Gasteiger partial charge < -0.3 is 25.0 Å². The highest BCUT2D eigenvalue weighted by atomic mass is 127. The first-order chi connectivity index (χ1) is 11.8. The van der Waals surface area contributed by atoms with Crippen molar-refractivity contribution in [3.8, 4) is 11.5 Å². The summed E-state index contributed by atoms with van der Waals surface area (Å²) in [5.74, 6) is 2.47. The van der Waals surface area contributed by atoms with Crippen LogP contribution in [-0.2, 0) is 6.54 Å². The van der Waals surface area contributed by atoms with Gasteiger partial charge in [0.25, 0.3) is 0 Å². The molecule has 0 radical (unpaired) electrons. The van der Waals surface area contributed by atoms with E-state index in [1.54, 1.807) is 0 Å². The third-order valence-electron chi connectivity index (χ3n) is 4.04. The van der Waals surface area contributed by atoms with Crippen molar-refractivity contribution < 1.29 is 9.47 Å². The van der Waals surface area contributed by atoms with Crippen molar-refractivity contribution in [1.29, 1.82) is 0 Å². The average Bonchev–Trinajstić information content (AvgIpc) is 3.07. The van der Waals surface area contributed by atoms with Crippen molar-refractivity contribution >= 4 is 29.9 Å². The predicted octanol–water partition coefficient (Wildman–Crippen LogP) is 2.82. The second-order valence-corrected chi connectivity index (χ2v) is 5.69. The molecule has 1 heterocycles. The van der Waals surface area contributed by atoms with Crippen LogP contribution >= 0.6 is 24.0 Å². The minimum atomic E-state index is 0. The molecule has 2 rings (SSSR count). The second-order valence-electron chi connectivity index (χ2n) is 5.69. The lowest BCUT2D eigenvalue weighted by atomic mass is 10.2. The number of guanidine groups is 1. The maximum absolute atomic E-state index is 5.41. The molecule has 1 aliphatic heterocycles. The van der Waals surface area contributed by atoms with Gasteiger partial charge in [-0.3, -0.25) is 0 Å². The zero-order chi connectivity index (χ0) is 17.2. The first-order valence-electron chi connectivity index (χ1n) is 8.89. The fourth-order valence-corrected chi connectivity index (χ4v) is 2.60. The molecule has 0 bridgehead atoms. The van der Waals surface area contributed by atoms with Crippen LogP contribution in [0.25, 0.3) is 0 Å². The lowest BCUT2D eigenvalue weighted by molar-refractivity contribution is 0.174. The number of nitrogens with zero attached hydrogens (tertiary/aromatic N) is 2. The standard InChI is InChI=1S/C18H30N4O2.HI/c1-4-19-18(20-10-7-11-22(5-2)6-3)21-13-15-8-9-16-17(12-15)24-14-23-16;/h8-9,12H,4-7,10-11,13-14H2,1-3H3,(H2,19,20,21);1H. The number of nitrogens with one attached hydrogen (secondary N) is 2. The van der Waals surface area contributed by atoms with Crippen LogP contribution in [0.5, 0.6) is 11.5 Å². The van der Waals surface area contributed by atoms with Crippen molar-refractivity contribution in [1.82, 2.24) is 15.5 Å². The number of fused-ring (bicyclic) bond motifs is 1. The van der Waals surface area contributed by atoms with E-state index in [0.717, 1.165) is 62.2 Å². The largest absolute Gasteiger partial charge is 0.454 e. The van der Waals surface area contributed by atoms with Crippen molar-refractivity contribution in [2.75, 3.05) is 39.5 Å². The van der Waals surface area contributed by atoms with Crippen LogP contribution in [-0.4, -0.2) is 50.4 Å². The topological polar surface area (TPSA) is 58.1 Å². The van der Waals surface area contributed by atoms with E-state index in [0.29, 0.717) is 13.3 Å². The molecule has 0 unspecified atom stereocenters. The van der Waals surface area contributed by atoms with Crippen LogP contribution in [0.15, 0.2) is 23.2 Å². The number of hydrogen-bond donors (Lipinski definition) is 2. The van der Waals surface area contributed by atoms with E-state index < -0.39 is 0 Å². The second kappa shape index (κ2) is 12.2. The van der Waals surface area contributed by atoms with Gasteiger partial charge in [-0.1, -0.05) is 19.9 Å². The third-order valence-corrected chi connectivity index (χ3v) is 4.04. The molecule has 0 spiro atoms. The minimum Gasteiger partial charge on any atom is -0.454 e. The zero-order valence-electron chi connectivity index (χ0n) is 15.5. The highest BCUT2D eigenvalue weighted by Crippen LogP contribution is 2.32. The molecule has 0 aromatic heterocycles. The number of ether oxygens (including phenoxy) is 2. The van der Waals surface area contributed by atoms with Gasteiger partial charge in [0.15, 0.2) is 17.5 Å². The smallest absolute Gasteiger partial charge is 0.231 e. The number of benzene rings is 1. The summed E-state index contributed by atoms with van der Waals surface area (Å²) in [6.07, 6.45) is 1.11. The van der Waals surface area contributed by atoms with Gasteiger partial charge in [-0.2, -0.15) is 0 Å². The zero-order valence-corrected chi connectivity index (χ0v) is 17.8. The molecule has 1 aromatic rings. The Bertz CT molecular complexity index is 536. The normalized spacial score (nSPS) is 12.9. The quantitative estimate of drug-likeness (QED) is 0.256. The number of halogens is 1. The summed E-state index contributed by atoms with van der Waals surface area (Å²) in [4.78, 5) is 7.08. The molecule has 1 aliphatic rings. The molecule has 0 aliphatic carbocycles. The SMILES string of the molecule is CCNC(=NCc1ccc2c(c1)OCO2)NCCCN(CC)CC.I. The maximum Gasteiger partial charge on any atom is 0.231 e. The molecule has 0 amide bonds. The van der Waals surface area contributed by atoms with Crippen molar-refractivity contribution in [2.24, 2.45) is 4.99 Å². The lowest BCUT2D eigenvalue weighted by Gasteiger charge is -2.18. The fraction of sp³-hybridized carbons (Fsp3) is 0.611. The fourth-order valence-electron chi connectivity index (χ4n) is 2.60. The van der Waals surface area contributed by atoms with Crippen LogP contribution in [0, 0.1) is 0 Å². The third kappa shape index (κ3) is 7.27. The Labute approximate surface area is 168 Å². The van der Waals surface area contributed by atoms with Crippen LogP contribution < -0.4 is 20.1 Å². The van der Waals surface area contributed by atoms with Gasteiger partial charge in [0.1, 0.15) is 0 Å². The lowest BCUT2D eigenvalue weighted by Crippen LogP contribution is -2.38. The number of rotatable bonds is 9. The van der Waals surface area contributed by atoms with Gasteiger partial charge >= 0.3 is 0 Å². The summed E-state index contributed by atoms with van der Waals surface area (Å²) in [6.45, 7) is 12.5. The van der Waals surface area contributed by atoms with Gasteiger partial charge in [-0.05, 0) is 50.7 Å². The van der Waals surface area contributed by atoms with Crippen molar-refractivity contribution in [3.63, 3.8) is 0 Å². The van der Waals surface area contributed by atoms with Gasteiger partial charge in [0, 0.05) is 13.1 Å².